The molecule has 2 heterocycles. The predicted molar refractivity (Wildman–Crippen MR) is 86.1 cm³/mol. The summed E-state index contributed by atoms with van der Waals surface area (Å²) in [6, 6.07) is 3.74. The first-order valence-electron chi connectivity index (χ1n) is 7.63. The Morgan fingerprint density at radius 2 is 2.22 bits per heavy atom. The number of aromatic nitrogens is 2. The molecule has 2 aromatic rings. The molecule has 0 aliphatic carbocycles. The van der Waals surface area contributed by atoms with Crippen LogP contribution in [0.3, 0.4) is 0 Å². The predicted octanol–water partition coefficient (Wildman–Crippen LogP) is 2.76. The number of hydrogen-bond donors (Lipinski definition) is 1. The molecule has 1 aromatic heterocycles. The Balaban J connectivity index is 1.88. The monoisotopic (exact) mass is 313 g/mol. The summed E-state index contributed by atoms with van der Waals surface area (Å²) in [6.45, 7) is 6.26. The van der Waals surface area contributed by atoms with E-state index in [1.807, 2.05) is 32.9 Å². The van der Waals surface area contributed by atoms with Gasteiger partial charge in [0, 0.05) is 24.2 Å². The maximum Gasteiger partial charge on any atom is 0.275 e. The van der Waals surface area contributed by atoms with E-state index in [2.05, 4.69) is 15.3 Å². The molecule has 3 rings (SSSR count). The summed E-state index contributed by atoms with van der Waals surface area (Å²) in [6.07, 6.45) is 3.99. The zero-order valence-corrected chi connectivity index (χ0v) is 13.4. The van der Waals surface area contributed by atoms with Gasteiger partial charge in [-0.3, -0.25) is 9.78 Å². The molecule has 0 spiro atoms. The van der Waals surface area contributed by atoms with Crippen molar-refractivity contribution in [2.75, 3.05) is 11.9 Å². The minimum Gasteiger partial charge on any atom is -0.492 e. The molecule has 0 saturated heterocycles. The van der Waals surface area contributed by atoms with Crippen LogP contribution in [0.2, 0.25) is 0 Å². The number of amides is 1. The quantitative estimate of drug-likeness (QED) is 0.939. The zero-order valence-electron chi connectivity index (χ0n) is 13.4. The lowest BCUT2D eigenvalue weighted by molar-refractivity contribution is 0.102. The van der Waals surface area contributed by atoms with Gasteiger partial charge in [-0.15, -0.1) is 0 Å². The number of rotatable bonds is 4. The molecule has 23 heavy (non-hydrogen) atoms. The number of hydrogen-bond acceptors (Lipinski definition) is 5. The molecule has 1 aliphatic heterocycles. The second-order valence-electron chi connectivity index (χ2n) is 5.52. The molecular formula is C17H19N3O3. The summed E-state index contributed by atoms with van der Waals surface area (Å²) in [4.78, 5) is 20.5. The van der Waals surface area contributed by atoms with E-state index in [-0.39, 0.29) is 17.7 Å². The summed E-state index contributed by atoms with van der Waals surface area (Å²) < 4.78 is 11.4. The third-order valence-corrected chi connectivity index (χ3v) is 3.56. The minimum atomic E-state index is -0.329. The highest BCUT2D eigenvalue weighted by molar-refractivity contribution is 6.03. The van der Waals surface area contributed by atoms with E-state index in [9.17, 15) is 4.79 Å². The zero-order chi connectivity index (χ0) is 16.4. The van der Waals surface area contributed by atoms with Gasteiger partial charge in [0.15, 0.2) is 0 Å². The van der Waals surface area contributed by atoms with E-state index in [1.165, 1.54) is 6.20 Å². The summed E-state index contributed by atoms with van der Waals surface area (Å²) in [5, 5.41) is 2.83. The molecule has 6 heteroatoms. The van der Waals surface area contributed by atoms with E-state index in [4.69, 9.17) is 9.47 Å². The Bertz CT molecular complexity index is 729. The second kappa shape index (κ2) is 6.24. The van der Waals surface area contributed by atoms with Crippen LogP contribution in [0.5, 0.6) is 11.5 Å². The fraction of sp³-hybridized carbons (Fsp3) is 0.353. The highest BCUT2D eigenvalue weighted by atomic mass is 16.5. The van der Waals surface area contributed by atoms with Gasteiger partial charge in [0.05, 0.1) is 24.2 Å². The fourth-order valence-electron chi connectivity index (χ4n) is 2.51. The number of carbonyl (C=O) groups is 1. The van der Waals surface area contributed by atoms with Gasteiger partial charge in [-0.25, -0.2) is 4.98 Å². The molecular weight excluding hydrogens is 294 g/mol. The number of fused-ring (bicyclic) bond motifs is 1. The number of ether oxygens (including phenoxy) is 2. The van der Waals surface area contributed by atoms with Gasteiger partial charge < -0.3 is 14.8 Å². The van der Waals surface area contributed by atoms with Crippen LogP contribution in [-0.4, -0.2) is 28.6 Å². The topological polar surface area (TPSA) is 73.3 Å². The molecule has 1 N–H and O–H groups in total. The van der Waals surface area contributed by atoms with E-state index < -0.39 is 0 Å². The maximum absolute atomic E-state index is 12.3. The van der Waals surface area contributed by atoms with Crippen LogP contribution in [0.1, 0.15) is 35.6 Å². The molecule has 0 fully saturated rings. The lowest BCUT2D eigenvalue weighted by atomic mass is 10.1. The fourth-order valence-corrected chi connectivity index (χ4v) is 2.51. The standard InChI is InChI=1S/C17H19N3O3/c1-4-22-16-6-12-5-11(3)23-15(12)7-13(16)20-17(21)14-9-18-10(2)8-19-14/h6-9,11H,4-5H2,1-3H3,(H,20,21). The van der Waals surface area contributed by atoms with E-state index in [0.717, 1.165) is 23.4 Å². The van der Waals surface area contributed by atoms with Gasteiger partial charge in [-0.1, -0.05) is 0 Å². The summed E-state index contributed by atoms with van der Waals surface area (Å²) in [7, 11) is 0. The molecule has 6 nitrogen and oxygen atoms in total. The number of aryl methyl sites for hydroxylation is 1. The van der Waals surface area contributed by atoms with Gasteiger partial charge in [-0.05, 0) is 26.8 Å². The molecule has 1 atom stereocenters. The number of benzene rings is 1. The number of anilines is 1. The number of nitrogens with one attached hydrogen (secondary N) is 1. The number of nitrogens with zero attached hydrogens (tertiary/aromatic N) is 2. The first-order chi connectivity index (χ1) is 11.1. The van der Waals surface area contributed by atoms with Crippen molar-refractivity contribution in [2.45, 2.75) is 33.3 Å². The molecule has 1 aromatic carbocycles. The molecule has 120 valence electrons. The Labute approximate surface area is 134 Å². The van der Waals surface area contributed by atoms with Crippen molar-refractivity contribution >= 4 is 11.6 Å². The van der Waals surface area contributed by atoms with Crippen molar-refractivity contribution in [1.82, 2.24) is 9.97 Å². The average molecular weight is 313 g/mol. The largest absolute Gasteiger partial charge is 0.492 e. The van der Waals surface area contributed by atoms with Crippen molar-refractivity contribution in [3.05, 3.63) is 41.5 Å². The highest BCUT2D eigenvalue weighted by Crippen LogP contribution is 2.38. The molecule has 1 unspecified atom stereocenters. The van der Waals surface area contributed by atoms with Gasteiger partial charge >= 0.3 is 0 Å². The second-order valence-corrected chi connectivity index (χ2v) is 5.52. The Morgan fingerprint density at radius 3 is 2.91 bits per heavy atom. The smallest absolute Gasteiger partial charge is 0.275 e. The van der Waals surface area contributed by atoms with E-state index >= 15 is 0 Å². The van der Waals surface area contributed by atoms with Crippen LogP contribution < -0.4 is 14.8 Å². The highest BCUT2D eigenvalue weighted by Gasteiger charge is 2.23. The van der Waals surface area contributed by atoms with E-state index in [0.29, 0.717) is 18.0 Å². The molecule has 0 radical (unpaired) electrons. The van der Waals surface area contributed by atoms with Crippen LogP contribution in [-0.2, 0) is 6.42 Å². The Hall–Kier alpha value is -2.63. The normalized spacial score (nSPS) is 15.7. The first-order valence-corrected chi connectivity index (χ1v) is 7.63. The van der Waals surface area contributed by atoms with Gasteiger partial charge in [-0.2, -0.15) is 0 Å². The third-order valence-electron chi connectivity index (χ3n) is 3.56. The van der Waals surface area contributed by atoms with Crippen molar-refractivity contribution in [1.29, 1.82) is 0 Å². The van der Waals surface area contributed by atoms with Crippen molar-refractivity contribution in [3.8, 4) is 11.5 Å². The Kier molecular flexibility index (Phi) is 4.14. The first kappa shape index (κ1) is 15.3. The minimum absolute atomic E-state index is 0.133. The summed E-state index contributed by atoms with van der Waals surface area (Å²) >= 11 is 0. The SMILES string of the molecule is CCOc1cc2c(cc1NC(=O)c1cnc(C)cn1)OC(C)C2. The summed E-state index contributed by atoms with van der Waals surface area (Å²) in [5.41, 5.74) is 2.69. The lowest BCUT2D eigenvalue weighted by Gasteiger charge is -2.13. The van der Waals surface area contributed by atoms with Crippen LogP contribution in [0.25, 0.3) is 0 Å². The van der Waals surface area contributed by atoms with E-state index in [1.54, 1.807) is 6.20 Å². The van der Waals surface area contributed by atoms with Crippen molar-refractivity contribution in [3.63, 3.8) is 0 Å². The van der Waals surface area contributed by atoms with Crippen LogP contribution >= 0.6 is 0 Å². The van der Waals surface area contributed by atoms with Crippen molar-refractivity contribution in [2.24, 2.45) is 0 Å². The third kappa shape index (κ3) is 3.26. The van der Waals surface area contributed by atoms with Crippen LogP contribution in [0.15, 0.2) is 24.5 Å². The maximum atomic E-state index is 12.3. The molecule has 0 saturated carbocycles. The Morgan fingerprint density at radius 1 is 1.39 bits per heavy atom. The summed E-state index contributed by atoms with van der Waals surface area (Å²) in [5.74, 6) is 1.09. The van der Waals surface area contributed by atoms with Gasteiger partial charge in [0.1, 0.15) is 23.3 Å². The van der Waals surface area contributed by atoms with Gasteiger partial charge in [0.2, 0.25) is 0 Å². The van der Waals surface area contributed by atoms with Crippen molar-refractivity contribution < 1.29 is 14.3 Å². The molecule has 1 amide bonds. The van der Waals surface area contributed by atoms with Crippen LogP contribution in [0.4, 0.5) is 5.69 Å². The molecule has 1 aliphatic rings. The van der Waals surface area contributed by atoms with Gasteiger partial charge in [0.25, 0.3) is 5.91 Å². The molecule has 0 bridgehead atoms. The average Bonchev–Trinajstić information content (AvgIpc) is 2.87. The number of carbonyl (C=O) groups excluding carboxylic acids is 1. The lowest BCUT2D eigenvalue weighted by Crippen LogP contribution is -2.15. The van der Waals surface area contributed by atoms with Crippen LogP contribution in [0, 0.1) is 6.92 Å².